The fourth-order valence-electron chi connectivity index (χ4n) is 3.15. The van der Waals surface area contributed by atoms with Crippen molar-refractivity contribution in [2.24, 2.45) is 0 Å². The Balaban J connectivity index is 1.90. The summed E-state index contributed by atoms with van der Waals surface area (Å²) in [4.78, 5) is 16.8. The molecule has 1 amide bonds. The molecule has 2 aliphatic rings. The molecule has 0 radical (unpaired) electrons. The van der Waals surface area contributed by atoms with Crippen molar-refractivity contribution in [1.29, 1.82) is 0 Å². The maximum Gasteiger partial charge on any atom is 0.251 e. The van der Waals surface area contributed by atoms with E-state index in [0.717, 1.165) is 45.7 Å². The van der Waals surface area contributed by atoms with Crippen LogP contribution in [0.3, 0.4) is 0 Å². The third-order valence-corrected chi connectivity index (χ3v) is 4.17. The molecule has 5 nitrogen and oxygen atoms in total. The van der Waals surface area contributed by atoms with Crippen LogP contribution in [-0.2, 0) is 14.3 Å². The third-order valence-electron chi connectivity index (χ3n) is 4.17. The van der Waals surface area contributed by atoms with Gasteiger partial charge in [0.1, 0.15) is 6.10 Å². The smallest absolute Gasteiger partial charge is 0.251 e. The van der Waals surface area contributed by atoms with Gasteiger partial charge in [-0.2, -0.15) is 0 Å². The van der Waals surface area contributed by atoms with Crippen LogP contribution in [0.4, 0.5) is 0 Å². The molecule has 2 fully saturated rings. The topological polar surface area (TPSA) is 42.0 Å². The van der Waals surface area contributed by atoms with Crippen LogP contribution in [0.25, 0.3) is 0 Å². The molecule has 0 aromatic carbocycles. The van der Waals surface area contributed by atoms with E-state index in [2.05, 4.69) is 18.7 Å². The van der Waals surface area contributed by atoms with Gasteiger partial charge in [0, 0.05) is 45.4 Å². The number of hydrogen-bond donors (Lipinski definition) is 0. The van der Waals surface area contributed by atoms with Crippen molar-refractivity contribution in [3.05, 3.63) is 0 Å². The second-order valence-electron chi connectivity index (χ2n) is 5.67. The van der Waals surface area contributed by atoms with E-state index in [1.165, 1.54) is 0 Å². The molecule has 0 bridgehead atoms. The van der Waals surface area contributed by atoms with Gasteiger partial charge in [-0.3, -0.25) is 9.69 Å². The van der Waals surface area contributed by atoms with Crippen LogP contribution in [0.2, 0.25) is 0 Å². The predicted octanol–water partition coefficient (Wildman–Crippen LogP) is 0.733. The van der Waals surface area contributed by atoms with Crippen LogP contribution in [0, 0.1) is 0 Å². The molecule has 0 saturated carbocycles. The molecule has 110 valence electrons. The van der Waals surface area contributed by atoms with Gasteiger partial charge in [0.2, 0.25) is 0 Å². The van der Waals surface area contributed by atoms with Crippen molar-refractivity contribution in [3.8, 4) is 0 Å². The van der Waals surface area contributed by atoms with Crippen molar-refractivity contribution < 1.29 is 14.3 Å². The van der Waals surface area contributed by atoms with E-state index < -0.39 is 0 Å². The fraction of sp³-hybridized carbons (Fsp3) is 0.929. The molecule has 2 heterocycles. The Labute approximate surface area is 115 Å². The highest BCUT2D eigenvalue weighted by Crippen LogP contribution is 2.20. The van der Waals surface area contributed by atoms with Gasteiger partial charge < -0.3 is 14.4 Å². The van der Waals surface area contributed by atoms with E-state index in [1.54, 1.807) is 7.11 Å². The standard InChI is InChI=1S/C14H26N2O3/c1-11-9-15(14(17)13-5-4-7-19-13)10-12(2)16(11)6-8-18-3/h11-13H,4-10H2,1-3H3. The third kappa shape index (κ3) is 3.46. The Morgan fingerprint density at radius 1 is 1.32 bits per heavy atom. The van der Waals surface area contributed by atoms with E-state index in [-0.39, 0.29) is 12.0 Å². The monoisotopic (exact) mass is 270 g/mol. The molecule has 0 aliphatic carbocycles. The van der Waals surface area contributed by atoms with E-state index in [0.29, 0.717) is 12.1 Å². The minimum absolute atomic E-state index is 0.183. The van der Waals surface area contributed by atoms with Gasteiger partial charge in [-0.05, 0) is 26.7 Å². The molecule has 2 aliphatic heterocycles. The number of piperazine rings is 1. The summed E-state index contributed by atoms with van der Waals surface area (Å²) < 4.78 is 10.7. The second-order valence-corrected chi connectivity index (χ2v) is 5.67. The lowest BCUT2D eigenvalue weighted by Gasteiger charge is -2.44. The molecule has 3 atom stereocenters. The fourth-order valence-corrected chi connectivity index (χ4v) is 3.15. The van der Waals surface area contributed by atoms with Crippen LogP contribution in [0.1, 0.15) is 26.7 Å². The number of carbonyl (C=O) groups excluding carboxylic acids is 1. The number of rotatable bonds is 4. The molecule has 3 unspecified atom stereocenters. The molecule has 19 heavy (non-hydrogen) atoms. The van der Waals surface area contributed by atoms with Crippen molar-refractivity contribution in [1.82, 2.24) is 9.80 Å². The van der Waals surface area contributed by atoms with Crippen molar-refractivity contribution in [3.63, 3.8) is 0 Å². The maximum absolute atomic E-state index is 12.4. The molecular weight excluding hydrogens is 244 g/mol. The number of carbonyl (C=O) groups is 1. The van der Waals surface area contributed by atoms with Crippen LogP contribution in [0.5, 0.6) is 0 Å². The van der Waals surface area contributed by atoms with E-state index >= 15 is 0 Å². The number of methoxy groups -OCH3 is 1. The highest BCUT2D eigenvalue weighted by atomic mass is 16.5. The summed E-state index contributed by atoms with van der Waals surface area (Å²) in [5.41, 5.74) is 0. The lowest BCUT2D eigenvalue weighted by atomic mass is 10.1. The summed E-state index contributed by atoms with van der Waals surface area (Å²) in [6, 6.07) is 0.758. The number of ether oxygens (including phenoxy) is 2. The van der Waals surface area contributed by atoms with Gasteiger partial charge in [-0.25, -0.2) is 0 Å². The molecule has 5 heteroatoms. The summed E-state index contributed by atoms with van der Waals surface area (Å²) in [7, 11) is 1.73. The number of hydrogen-bond acceptors (Lipinski definition) is 4. The average molecular weight is 270 g/mol. The first-order chi connectivity index (χ1) is 9.13. The largest absolute Gasteiger partial charge is 0.383 e. The zero-order valence-electron chi connectivity index (χ0n) is 12.3. The van der Waals surface area contributed by atoms with Crippen LogP contribution < -0.4 is 0 Å². The zero-order chi connectivity index (χ0) is 13.8. The Bertz CT molecular complexity index is 293. The summed E-state index contributed by atoms with van der Waals surface area (Å²) in [6.45, 7) is 8.37. The SMILES string of the molecule is COCCN1C(C)CN(C(=O)C2CCCO2)CC1C. The summed E-state index contributed by atoms with van der Waals surface area (Å²) in [6.07, 6.45) is 1.70. The first kappa shape index (κ1) is 14.8. The quantitative estimate of drug-likeness (QED) is 0.755. The Kier molecular flexibility index (Phi) is 5.19. The Hall–Kier alpha value is -0.650. The lowest BCUT2D eigenvalue weighted by molar-refractivity contribution is -0.145. The summed E-state index contributed by atoms with van der Waals surface area (Å²) in [5.74, 6) is 0.183. The molecule has 2 rings (SSSR count). The first-order valence-corrected chi connectivity index (χ1v) is 7.28. The lowest BCUT2D eigenvalue weighted by Crippen LogP contribution is -2.59. The van der Waals surface area contributed by atoms with E-state index in [1.807, 2.05) is 4.90 Å². The van der Waals surface area contributed by atoms with Crippen molar-refractivity contribution in [2.75, 3.05) is 40.0 Å². The summed E-state index contributed by atoms with van der Waals surface area (Å²) >= 11 is 0. The molecule has 0 spiro atoms. The molecular formula is C14H26N2O3. The zero-order valence-corrected chi connectivity index (χ0v) is 12.3. The highest BCUT2D eigenvalue weighted by Gasteiger charge is 2.35. The minimum Gasteiger partial charge on any atom is -0.383 e. The number of amides is 1. The first-order valence-electron chi connectivity index (χ1n) is 7.28. The average Bonchev–Trinajstić information content (AvgIpc) is 2.90. The number of nitrogens with zero attached hydrogens (tertiary/aromatic N) is 2. The Morgan fingerprint density at radius 2 is 2.00 bits per heavy atom. The molecule has 0 N–H and O–H groups in total. The van der Waals surface area contributed by atoms with Crippen molar-refractivity contribution >= 4 is 5.91 Å². The second kappa shape index (κ2) is 6.68. The maximum atomic E-state index is 12.4. The van der Waals surface area contributed by atoms with Crippen LogP contribution in [-0.4, -0.2) is 73.9 Å². The van der Waals surface area contributed by atoms with Crippen LogP contribution in [0.15, 0.2) is 0 Å². The normalized spacial score (nSPS) is 32.8. The van der Waals surface area contributed by atoms with Gasteiger partial charge >= 0.3 is 0 Å². The summed E-state index contributed by atoms with van der Waals surface area (Å²) in [5, 5.41) is 0. The Morgan fingerprint density at radius 3 is 2.53 bits per heavy atom. The van der Waals surface area contributed by atoms with Gasteiger partial charge in [0.05, 0.1) is 6.61 Å². The predicted molar refractivity (Wildman–Crippen MR) is 73.1 cm³/mol. The minimum atomic E-state index is -0.190. The van der Waals surface area contributed by atoms with Gasteiger partial charge in [-0.1, -0.05) is 0 Å². The van der Waals surface area contributed by atoms with Gasteiger partial charge in [-0.15, -0.1) is 0 Å². The van der Waals surface area contributed by atoms with Gasteiger partial charge in [0.15, 0.2) is 0 Å². The highest BCUT2D eigenvalue weighted by molar-refractivity contribution is 5.81. The molecule has 0 aromatic heterocycles. The molecule has 0 aromatic rings. The van der Waals surface area contributed by atoms with Crippen molar-refractivity contribution in [2.45, 2.75) is 44.9 Å². The van der Waals surface area contributed by atoms with E-state index in [9.17, 15) is 4.79 Å². The van der Waals surface area contributed by atoms with Crippen LogP contribution >= 0.6 is 0 Å². The van der Waals surface area contributed by atoms with Gasteiger partial charge in [0.25, 0.3) is 5.91 Å². The van der Waals surface area contributed by atoms with E-state index in [4.69, 9.17) is 9.47 Å². The molecule has 2 saturated heterocycles.